The molecule has 2 rings (SSSR count). The van der Waals surface area contributed by atoms with E-state index in [-0.39, 0.29) is 11.9 Å². The molecule has 0 radical (unpaired) electrons. The van der Waals surface area contributed by atoms with Gasteiger partial charge in [0.25, 0.3) is 0 Å². The van der Waals surface area contributed by atoms with Crippen molar-refractivity contribution < 1.29 is 4.39 Å². The molecule has 0 spiro atoms. The fourth-order valence-corrected chi connectivity index (χ4v) is 2.26. The van der Waals surface area contributed by atoms with Crippen LogP contribution in [-0.4, -0.2) is 9.78 Å². The van der Waals surface area contributed by atoms with Gasteiger partial charge in [-0.25, -0.2) is 4.39 Å². The summed E-state index contributed by atoms with van der Waals surface area (Å²) in [6.07, 6.45) is 0. The van der Waals surface area contributed by atoms with Gasteiger partial charge >= 0.3 is 0 Å². The van der Waals surface area contributed by atoms with Crippen molar-refractivity contribution in [1.29, 1.82) is 0 Å². The average Bonchev–Trinajstić information content (AvgIpc) is 2.61. The van der Waals surface area contributed by atoms with Crippen LogP contribution in [0.4, 0.5) is 4.39 Å². The van der Waals surface area contributed by atoms with E-state index in [0.29, 0.717) is 12.1 Å². The van der Waals surface area contributed by atoms with Crippen molar-refractivity contribution in [1.82, 2.24) is 15.1 Å². The fraction of sp³-hybridized carbons (Fsp3) is 0.400. The third-order valence-corrected chi connectivity index (χ3v) is 3.62. The molecule has 19 heavy (non-hydrogen) atoms. The van der Waals surface area contributed by atoms with Gasteiger partial charge in [-0.15, -0.1) is 0 Å². The van der Waals surface area contributed by atoms with E-state index in [1.165, 1.54) is 11.6 Å². The van der Waals surface area contributed by atoms with Crippen LogP contribution in [0, 0.1) is 19.7 Å². The van der Waals surface area contributed by atoms with Gasteiger partial charge in [-0.05, 0) is 26.8 Å². The van der Waals surface area contributed by atoms with Crippen molar-refractivity contribution in [2.75, 3.05) is 0 Å². The third kappa shape index (κ3) is 2.84. The van der Waals surface area contributed by atoms with Crippen LogP contribution in [0.5, 0.6) is 0 Å². The zero-order valence-electron chi connectivity index (χ0n) is 11.9. The minimum absolute atomic E-state index is 0.0276. The van der Waals surface area contributed by atoms with Crippen molar-refractivity contribution in [2.45, 2.75) is 33.4 Å². The first kappa shape index (κ1) is 13.7. The van der Waals surface area contributed by atoms with Gasteiger partial charge in [0.05, 0.1) is 5.69 Å². The normalized spacial score (nSPS) is 12.7. The lowest BCUT2D eigenvalue weighted by molar-refractivity contribution is 0.527. The first-order valence-corrected chi connectivity index (χ1v) is 6.47. The molecule has 4 heteroatoms. The molecule has 0 aliphatic heterocycles. The van der Waals surface area contributed by atoms with Gasteiger partial charge in [-0.1, -0.05) is 18.2 Å². The lowest BCUT2D eigenvalue weighted by atomic mass is 10.1. The third-order valence-electron chi connectivity index (χ3n) is 3.62. The van der Waals surface area contributed by atoms with E-state index in [1.54, 1.807) is 6.07 Å². The summed E-state index contributed by atoms with van der Waals surface area (Å²) in [5, 5.41) is 7.74. The second-order valence-electron chi connectivity index (χ2n) is 4.90. The molecule has 1 aromatic carbocycles. The largest absolute Gasteiger partial charge is 0.306 e. The Hall–Kier alpha value is -1.68. The highest BCUT2D eigenvalue weighted by Gasteiger charge is 2.13. The Bertz CT molecular complexity index is 575. The molecule has 1 N–H and O–H groups in total. The summed E-state index contributed by atoms with van der Waals surface area (Å²) in [7, 11) is 1.94. The molecule has 1 unspecified atom stereocenters. The predicted molar refractivity (Wildman–Crippen MR) is 74.3 cm³/mol. The van der Waals surface area contributed by atoms with E-state index in [1.807, 2.05) is 44.6 Å². The Morgan fingerprint density at radius 1 is 1.32 bits per heavy atom. The Labute approximate surface area is 113 Å². The number of nitrogens with zero attached hydrogens (tertiary/aromatic N) is 2. The number of hydrogen-bond acceptors (Lipinski definition) is 2. The lowest BCUT2D eigenvalue weighted by Gasteiger charge is -2.15. The minimum atomic E-state index is -0.165. The van der Waals surface area contributed by atoms with Gasteiger partial charge in [-0.3, -0.25) is 4.68 Å². The number of aromatic nitrogens is 2. The van der Waals surface area contributed by atoms with E-state index in [2.05, 4.69) is 10.4 Å². The molecule has 1 aromatic heterocycles. The van der Waals surface area contributed by atoms with Gasteiger partial charge < -0.3 is 5.32 Å². The van der Waals surface area contributed by atoms with Gasteiger partial charge in [0.2, 0.25) is 0 Å². The summed E-state index contributed by atoms with van der Waals surface area (Å²) in [5.74, 6) is -0.165. The average molecular weight is 261 g/mol. The van der Waals surface area contributed by atoms with Crippen LogP contribution < -0.4 is 5.32 Å². The topological polar surface area (TPSA) is 29.9 Å². The quantitative estimate of drug-likeness (QED) is 0.916. The Kier molecular flexibility index (Phi) is 4.00. The number of aryl methyl sites for hydroxylation is 2. The van der Waals surface area contributed by atoms with Crippen molar-refractivity contribution in [3.8, 4) is 0 Å². The van der Waals surface area contributed by atoms with Crippen LogP contribution in [0.25, 0.3) is 0 Å². The number of halogens is 1. The highest BCUT2D eigenvalue weighted by atomic mass is 19.1. The van der Waals surface area contributed by atoms with Crippen molar-refractivity contribution in [3.63, 3.8) is 0 Å². The molecule has 0 aliphatic carbocycles. The summed E-state index contributed by atoms with van der Waals surface area (Å²) in [6.45, 7) is 6.71. The summed E-state index contributed by atoms with van der Waals surface area (Å²) >= 11 is 0. The second-order valence-corrected chi connectivity index (χ2v) is 4.90. The standard InChI is InChI=1S/C15H20FN3/c1-10(13-7-5-6-8-15(13)16)17-9-14-11(2)18-19(4)12(14)3/h5-8,10,17H,9H2,1-4H3. The number of rotatable bonds is 4. The first-order chi connectivity index (χ1) is 9.00. The van der Waals surface area contributed by atoms with Gasteiger partial charge in [0.15, 0.2) is 0 Å². The molecule has 0 bridgehead atoms. The summed E-state index contributed by atoms with van der Waals surface area (Å²) in [5.41, 5.74) is 4.05. The predicted octanol–water partition coefficient (Wildman–Crippen LogP) is 3.03. The van der Waals surface area contributed by atoms with Gasteiger partial charge in [0, 0.05) is 36.5 Å². The Morgan fingerprint density at radius 2 is 2.00 bits per heavy atom. The van der Waals surface area contributed by atoms with Crippen LogP contribution in [0.2, 0.25) is 0 Å². The number of benzene rings is 1. The van der Waals surface area contributed by atoms with E-state index in [0.717, 1.165) is 11.4 Å². The molecule has 0 saturated carbocycles. The molecule has 0 amide bonds. The smallest absolute Gasteiger partial charge is 0.127 e. The van der Waals surface area contributed by atoms with Gasteiger partial charge in [-0.2, -0.15) is 5.10 Å². The zero-order valence-corrected chi connectivity index (χ0v) is 11.9. The molecule has 0 saturated heterocycles. The molecule has 2 aromatic rings. The van der Waals surface area contributed by atoms with E-state index in [4.69, 9.17) is 0 Å². The maximum Gasteiger partial charge on any atom is 0.127 e. The monoisotopic (exact) mass is 261 g/mol. The Morgan fingerprint density at radius 3 is 2.58 bits per heavy atom. The molecule has 0 fully saturated rings. The lowest BCUT2D eigenvalue weighted by Crippen LogP contribution is -2.19. The van der Waals surface area contributed by atoms with E-state index in [9.17, 15) is 4.39 Å². The molecule has 0 aliphatic rings. The van der Waals surface area contributed by atoms with E-state index < -0.39 is 0 Å². The Balaban J connectivity index is 2.09. The fourth-order valence-electron chi connectivity index (χ4n) is 2.26. The molecule has 1 heterocycles. The van der Waals surface area contributed by atoms with Crippen LogP contribution in [-0.2, 0) is 13.6 Å². The maximum atomic E-state index is 13.7. The maximum absolute atomic E-state index is 13.7. The SMILES string of the molecule is Cc1nn(C)c(C)c1CNC(C)c1ccccc1F. The zero-order chi connectivity index (χ0) is 14.0. The van der Waals surface area contributed by atoms with Crippen LogP contribution in [0.1, 0.15) is 35.5 Å². The summed E-state index contributed by atoms with van der Waals surface area (Å²) in [4.78, 5) is 0. The molecule has 3 nitrogen and oxygen atoms in total. The minimum Gasteiger partial charge on any atom is -0.306 e. The van der Waals surface area contributed by atoms with Crippen molar-refractivity contribution >= 4 is 0 Å². The van der Waals surface area contributed by atoms with Crippen LogP contribution in [0.3, 0.4) is 0 Å². The highest BCUT2D eigenvalue weighted by molar-refractivity contribution is 5.25. The number of hydrogen-bond donors (Lipinski definition) is 1. The first-order valence-electron chi connectivity index (χ1n) is 6.47. The molecule has 1 atom stereocenters. The summed E-state index contributed by atoms with van der Waals surface area (Å²) in [6, 6.07) is 6.85. The van der Waals surface area contributed by atoms with Crippen molar-refractivity contribution in [2.24, 2.45) is 7.05 Å². The second kappa shape index (κ2) is 5.53. The van der Waals surface area contributed by atoms with Crippen molar-refractivity contribution in [3.05, 3.63) is 52.6 Å². The van der Waals surface area contributed by atoms with Gasteiger partial charge in [0.1, 0.15) is 5.82 Å². The van der Waals surface area contributed by atoms with Crippen LogP contribution >= 0.6 is 0 Å². The van der Waals surface area contributed by atoms with Crippen LogP contribution in [0.15, 0.2) is 24.3 Å². The molecular weight excluding hydrogens is 241 g/mol. The number of nitrogens with one attached hydrogen (secondary N) is 1. The summed E-state index contributed by atoms with van der Waals surface area (Å²) < 4.78 is 15.5. The van der Waals surface area contributed by atoms with E-state index >= 15 is 0 Å². The molecular formula is C15H20FN3. The highest BCUT2D eigenvalue weighted by Crippen LogP contribution is 2.18. The molecule has 102 valence electrons.